The third-order valence-electron chi connectivity index (χ3n) is 3.90. The number of rotatable bonds is 3. The number of β-amino-alcohol motifs (C(OH)–C–C–N with tert-alkyl or cyclic N) is 1. The first kappa shape index (κ1) is 19.2. The third-order valence-corrected chi connectivity index (χ3v) is 3.90. The number of hydrogen-bond acceptors (Lipinski definition) is 7. The Hall–Kier alpha value is -2.12. The molecule has 0 radical (unpaired) electrons. The molecular formula is C18H25NO6. The zero-order valence-electron chi connectivity index (χ0n) is 15.0. The van der Waals surface area contributed by atoms with Crippen molar-refractivity contribution >= 4 is 12.1 Å². The van der Waals surface area contributed by atoms with Crippen LogP contribution in [0.15, 0.2) is 24.3 Å². The molecule has 1 aliphatic rings. The van der Waals surface area contributed by atoms with Crippen LogP contribution in [0, 0.1) is 0 Å². The number of nitrogens with zero attached hydrogens (tertiary/aromatic N) is 1. The van der Waals surface area contributed by atoms with Crippen molar-refractivity contribution in [1.82, 2.24) is 5.06 Å². The summed E-state index contributed by atoms with van der Waals surface area (Å²) in [6.07, 6.45) is -0.859. The second-order valence-electron chi connectivity index (χ2n) is 7.02. The molecule has 138 valence electrons. The molecule has 1 heterocycles. The molecule has 1 saturated heterocycles. The van der Waals surface area contributed by atoms with Gasteiger partial charge in [-0.3, -0.25) is 0 Å². The molecule has 7 heteroatoms. The van der Waals surface area contributed by atoms with Gasteiger partial charge in [0.2, 0.25) is 0 Å². The van der Waals surface area contributed by atoms with E-state index in [1.807, 2.05) is 12.1 Å². The lowest BCUT2D eigenvalue weighted by atomic mass is 9.87. The van der Waals surface area contributed by atoms with E-state index in [4.69, 9.17) is 9.57 Å². The summed E-state index contributed by atoms with van der Waals surface area (Å²) in [6, 6.07) is 6.98. The first-order valence-electron chi connectivity index (χ1n) is 8.22. The second-order valence-corrected chi connectivity index (χ2v) is 7.02. The quantitative estimate of drug-likeness (QED) is 0.837. The lowest BCUT2D eigenvalue weighted by molar-refractivity contribution is -0.170. The predicted molar refractivity (Wildman–Crippen MR) is 90.0 cm³/mol. The summed E-state index contributed by atoms with van der Waals surface area (Å²) in [6.45, 7) is 5.95. The molecule has 1 aliphatic heterocycles. The number of carbonyl (C=O) groups is 2. The van der Waals surface area contributed by atoms with Gasteiger partial charge in [-0.2, -0.15) is 0 Å². The zero-order chi connectivity index (χ0) is 18.6. The molecule has 25 heavy (non-hydrogen) atoms. The molecule has 0 aromatic heterocycles. The second kappa shape index (κ2) is 7.84. The van der Waals surface area contributed by atoms with Gasteiger partial charge in [0.25, 0.3) is 0 Å². The van der Waals surface area contributed by atoms with E-state index in [2.05, 4.69) is 4.74 Å². The maximum atomic E-state index is 11.7. The Morgan fingerprint density at radius 2 is 1.84 bits per heavy atom. The number of carbonyl (C=O) groups excluding carboxylic acids is 2. The molecule has 7 nitrogen and oxygen atoms in total. The fraction of sp³-hybridized carbons (Fsp3) is 0.556. The van der Waals surface area contributed by atoms with E-state index in [1.54, 1.807) is 32.9 Å². The van der Waals surface area contributed by atoms with Crippen LogP contribution in [0.2, 0.25) is 0 Å². The van der Waals surface area contributed by atoms with Crippen LogP contribution in [0.4, 0.5) is 4.79 Å². The Bertz CT molecular complexity index is 607. The van der Waals surface area contributed by atoms with Crippen LogP contribution in [-0.4, -0.2) is 54.2 Å². The number of aliphatic hydroxyl groups excluding tert-OH is 1. The Morgan fingerprint density at radius 1 is 1.20 bits per heavy atom. The van der Waals surface area contributed by atoms with Crippen LogP contribution >= 0.6 is 0 Å². The van der Waals surface area contributed by atoms with Gasteiger partial charge in [0.05, 0.1) is 25.3 Å². The Kier molecular flexibility index (Phi) is 6.02. The fourth-order valence-corrected chi connectivity index (χ4v) is 2.73. The SMILES string of the molecule is COC(=O)c1ccc(C2CCN(OC(=O)OC(C)(C)C)CC2O)cc1. The number of hydrogen-bond donors (Lipinski definition) is 1. The molecule has 0 aliphatic carbocycles. The molecule has 0 bridgehead atoms. The summed E-state index contributed by atoms with van der Waals surface area (Å²) in [5.74, 6) is -0.488. The van der Waals surface area contributed by atoms with Crippen LogP contribution in [0.25, 0.3) is 0 Å². The van der Waals surface area contributed by atoms with Crippen molar-refractivity contribution in [3.8, 4) is 0 Å². The summed E-state index contributed by atoms with van der Waals surface area (Å²) >= 11 is 0. The van der Waals surface area contributed by atoms with Crippen molar-refractivity contribution in [3.63, 3.8) is 0 Å². The largest absolute Gasteiger partial charge is 0.528 e. The number of methoxy groups -OCH3 is 1. The molecule has 0 saturated carbocycles. The van der Waals surface area contributed by atoms with Gasteiger partial charge in [0, 0.05) is 12.5 Å². The number of ether oxygens (including phenoxy) is 2. The lowest BCUT2D eigenvalue weighted by Gasteiger charge is -2.34. The normalized spacial score (nSPS) is 21.5. The molecule has 2 unspecified atom stereocenters. The first-order chi connectivity index (χ1) is 11.7. The van der Waals surface area contributed by atoms with Crippen molar-refractivity contribution in [3.05, 3.63) is 35.4 Å². The summed E-state index contributed by atoms with van der Waals surface area (Å²) in [5.41, 5.74) is 0.763. The topological polar surface area (TPSA) is 85.3 Å². The Labute approximate surface area is 147 Å². The minimum absolute atomic E-state index is 0.0924. The number of hydroxylamine groups is 2. The van der Waals surface area contributed by atoms with E-state index >= 15 is 0 Å². The highest BCUT2D eigenvalue weighted by molar-refractivity contribution is 5.89. The number of esters is 1. The monoisotopic (exact) mass is 351 g/mol. The van der Waals surface area contributed by atoms with E-state index in [9.17, 15) is 14.7 Å². The highest BCUT2D eigenvalue weighted by Gasteiger charge is 2.32. The van der Waals surface area contributed by atoms with Crippen LogP contribution < -0.4 is 0 Å². The number of benzene rings is 1. The van der Waals surface area contributed by atoms with Gasteiger partial charge in [-0.25, -0.2) is 9.59 Å². The number of piperidine rings is 1. The molecule has 1 N–H and O–H groups in total. The summed E-state index contributed by atoms with van der Waals surface area (Å²) in [4.78, 5) is 28.3. The van der Waals surface area contributed by atoms with Crippen LogP contribution in [0.3, 0.4) is 0 Å². The molecule has 1 aromatic carbocycles. The summed E-state index contributed by atoms with van der Waals surface area (Å²) < 4.78 is 9.78. The summed E-state index contributed by atoms with van der Waals surface area (Å²) in [7, 11) is 1.33. The van der Waals surface area contributed by atoms with Crippen LogP contribution in [0.5, 0.6) is 0 Å². The van der Waals surface area contributed by atoms with Crippen LogP contribution in [0.1, 0.15) is 49.0 Å². The first-order valence-corrected chi connectivity index (χ1v) is 8.22. The van der Waals surface area contributed by atoms with E-state index in [0.29, 0.717) is 18.5 Å². The van der Waals surface area contributed by atoms with Gasteiger partial charge < -0.3 is 19.4 Å². The predicted octanol–water partition coefficient (Wildman–Crippen LogP) is 2.49. The third kappa shape index (κ3) is 5.44. The van der Waals surface area contributed by atoms with Gasteiger partial charge in [0.15, 0.2) is 0 Å². The van der Waals surface area contributed by atoms with E-state index in [0.717, 1.165) is 5.56 Å². The van der Waals surface area contributed by atoms with Crippen molar-refractivity contribution < 1.29 is 29.0 Å². The lowest BCUT2D eigenvalue weighted by Crippen LogP contribution is -2.44. The maximum absolute atomic E-state index is 11.7. The summed E-state index contributed by atoms with van der Waals surface area (Å²) in [5, 5.41) is 11.8. The highest BCUT2D eigenvalue weighted by Crippen LogP contribution is 2.29. The van der Waals surface area contributed by atoms with Crippen molar-refractivity contribution in [1.29, 1.82) is 0 Å². The minimum Gasteiger partial charge on any atom is -0.465 e. The standard InChI is InChI=1S/C18H25NO6/c1-18(2,3)24-17(22)25-19-10-9-14(15(20)11-19)12-5-7-13(8-6-12)16(21)23-4/h5-8,14-15,20H,9-11H2,1-4H3. The average Bonchev–Trinajstić information content (AvgIpc) is 2.52. The Balaban J connectivity index is 1.93. The molecule has 1 fully saturated rings. The minimum atomic E-state index is -0.777. The van der Waals surface area contributed by atoms with E-state index in [-0.39, 0.29) is 12.5 Å². The smallest absolute Gasteiger partial charge is 0.465 e. The maximum Gasteiger partial charge on any atom is 0.528 e. The van der Waals surface area contributed by atoms with Crippen molar-refractivity contribution in [2.45, 2.75) is 44.8 Å². The molecule has 2 rings (SSSR count). The van der Waals surface area contributed by atoms with Crippen molar-refractivity contribution in [2.24, 2.45) is 0 Å². The van der Waals surface area contributed by atoms with E-state index < -0.39 is 23.8 Å². The molecular weight excluding hydrogens is 326 g/mol. The highest BCUT2D eigenvalue weighted by atomic mass is 16.8. The molecule has 0 spiro atoms. The molecule has 2 atom stereocenters. The van der Waals surface area contributed by atoms with Gasteiger partial charge >= 0.3 is 12.1 Å². The van der Waals surface area contributed by atoms with Crippen molar-refractivity contribution in [2.75, 3.05) is 20.2 Å². The molecule has 0 amide bonds. The van der Waals surface area contributed by atoms with Gasteiger partial charge in [-0.05, 0) is 44.9 Å². The average molecular weight is 351 g/mol. The fourth-order valence-electron chi connectivity index (χ4n) is 2.73. The zero-order valence-corrected chi connectivity index (χ0v) is 15.0. The Morgan fingerprint density at radius 3 is 2.36 bits per heavy atom. The van der Waals surface area contributed by atoms with E-state index in [1.165, 1.54) is 12.2 Å². The van der Waals surface area contributed by atoms with Crippen LogP contribution in [-0.2, 0) is 14.3 Å². The van der Waals surface area contributed by atoms with Gasteiger partial charge in [-0.15, -0.1) is 5.06 Å². The number of aliphatic hydroxyl groups is 1. The van der Waals surface area contributed by atoms with Gasteiger partial charge in [0.1, 0.15) is 5.60 Å². The van der Waals surface area contributed by atoms with Gasteiger partial charge in [-0.1, -0.05) is 12.1 Å². The molecule has 1 aromatic rings.